The molecule has 0 bridgehead atoms. The first kappa shape index (κ1) is 32.2. The van der Waals surface area contributed by atoms with E-state index in [1.807, 2.05) is 12.1 Å². The van der Waals surface area contributed by atoms with Gasteiger partial charge in [-0.2, -0.15) is 0 Å². The number of carbonyl (C=O) groups excluding carboxylic acids is 4. The average molecular weight is 618 g/mol. The Morgan fingerprint density at radius 3 is 2.39 bits per heavy atom. The van der Waals surface area contributed by atoms with Gasteiger partial charge in [0, 0.05) is 34.1 Å². The molecule has 1 aromatic rings. The zero-order chi connectivity index (χ0) is 31.9. The molecule has 11 atom stereocenters. The number of phenolic OH excluding ortho intramolecular Hbond substituents is 1. The number of aryl methyl sites for hydroxylation is 1. The number of amides is 1. The molecule has 2 saturated carbocycles. The maximum atomic E-state index is 12.4. The van der Waals surface area contributed by atoms with E-state index in [0.29, 0.717) is 6.42 Å². The van der Waals surface area contributed by atoms with E-state index in [0.717, 1.165) is 31.2 Å². The predicted octanol–water partition coefficient (Wildman–Crippen LogP) is 2.26. The summed E-state index contributed by atoms with van der Waals surface area (Å²) < 4.78 is 29.4. The minimum absolute atomic E-state index is 0.0648. The summed E-state index contributed by atoms with van der Waals surface area (Å²) in [4.78, 5) is 48.5. The minimum atomic E-state index is -1.22. The molecule has 4 aliphatic rings. The number of phenols is 1. The third-order valence-electron chi connectivity index (χ3n) is 10.0. The molecular formula is C32H43NO11. The van der Waals surface area contributed by atoms with Crippen molar-refractivity contribution in [2.24, 2.45) is 17.3 Å². The summed E-state index contributed by atoms with van der Waals surface area (Å²) in [5.41, 5.74) is 1.93. The lowest BCUT2D eigenvalue weighted by Crippen LogP contribution is -2.67. The zero-order valence-corrected chi connectivity index (χ0v) is 25.8. The van der Waals surface area contributed by atoms with Gasteiger partial charge in [-0.1, -0.05) is 13.0 Å². The first-order chi connectivity index (χ1) is 20.8. The number of nitrogens with one attached hydrogen (secondary N) is 1. The monoisotopic (exact) mass is 617 g/mol. The number of aliphatic hydroxyl groups is 1. The van der Waals surface area contributed by atoms with Crippen molar-refractivity contribution in [3.05, 3.63) is 29.3 Å². The standard InChI is InChI=1S/C32H43NO11/c1-15(34)33-28-30(42-18(4)37)29(41-17(3)36)25(14-40-16(2)35)44-31(28)43-24-13-26(39)32(5)11-10-22-21-9-7-20(38)12-19(21)6-8-23(22)27(24)32/h7,9,12,22-31,38-39H,6,8,10-11,13-14H2,1-5H3,(H,33,34)/t22-,23-,24+,25-,26+,27-,28-,29-,30-,31-,32-/m1/s1. The van der Waals surface area contributed by atoms with Crippen LogP contribution >= 0.6 is 0 Å². The Balaban J connectivity index is 1.48. The fraction of sp³-hybridized carbons (Fsp3) is 0.688. The summed E-state index contributed by atoms with van der Waals surface area (Å²) in [6, 6.07) is 4.48. The molecule has 44 heavy (non-hydrogen) atoms. The van der Waals surface area contributed by atoms with Crippen molar-refractivity contribution in [1.82, 2.24) is 5.32 Å². The van der Waals surface area contributed by atoms with E-state index < -0.39 is 72.1 Å². The number of hydrogen-bond acceptors (Lipinski definition) is 11. The molecule has 1 saturated heterocycles. The molecule has 242 valence electrons. The normalized spacial score (nSPS) is 37.5. The Hall–Kier alpha value is -3.22. The van der Waals surface area contributed by atoms with Gasteiger partial charge in [0.1, 0.15) is 24.5 Å². The lowest BCUT2D eigenvalue weighted by Gasteiger charge is -2.52. The quantitative estimate of drug-likeness (QED) is 0.303. The van der Waals surface area contributed by atoms with Crippen LogP contribution in [0.1, 0.15) is 77.3 Å². The van der Waals surface area contributed by atoms with Gasteiger partial charge in [0.05, 0.1) is 12.2 Å². The van der Waals surface area contributed by atoms with E-state index in [1.54, 1.807) is 6.07 Å². The highest BCUT2D eigenvalue weighted by atomic mass is 16.7. The van der Waals surface area contributed by atoms with E-state index in [2.05, 4.69) is 12.2 Å². The molecule has 3 fully saturated rings. The minimum Gasteiger partial charge on any atom is -0.508 e. The smallest absolute Gasteiger partial charge is 0.303 e. The summed E-state index contributed by atoms with van der Waals surface area (Å²) in [6.45, 7) is 6.69. The second-order valence-electron chi connectivity index (χ2n) is 12.9. The van der Waals surface area contributed by atoms with Crippen LogP contribution in [0.15, 0.2) is 18.2 Å². The lowest BCUT2D eigenvalue weighted by molar-refractivity contribution is -0.293. The van der Waals surface area contributed by atoms with E-state index in [1.165, 1.54) is 33.3 Å². The summed E-state index contributed by atoms with van der Waals surface area (Å²) in [5, 5.41) is 24.3. The summed E-state index contributed by atoms with van der Waals surface area (Å²) in [5.74, 6) is -1.81. The zero-order valence-electron chi connectivity index (χ0n) is 25.8. The van der Waals surface area contributed by atoms with Crippen molar-refractivity contribution >= 4 is 23.8 Å². The number of rotatable bonds is 7. The van der Waals surface area contributed by atoms with Crippen molar-refractivity contribution in [1.29, 1.82) is 0 Å². The predicted molar refractivity (Wildman–Crippen MR) is 153 cm³/mol. The average Bonchev–Trinajstić information content (AvgIpc) is 3.19. The highest BCUT2D eigenvalue weighted by molar-refractivity contribution is 5.73. The van der Waals surface area contributed by atoms with Crippen LogP contribution in [-0.2, 0) is 49.3 Å². The fourth-order valence-electron chi connectivity index (χ4n) is 8.29. The SMILES string of the molecule is CC(=O)N[C@H]1[C@H](O[C@H]2C[C@H](O)[C@@]3(C)CC[C@@H]4c5ccc(O)cc5CC[C@H]4[C@H]23)O[C@H](COC(C)=O)[C@@H](OC(C)=O)[C@@H]1OC(C)=O. The number of aromatic hydroxyl groups is 1. The lowest BCUT2D eigenvalue weighted by atomic mass is 9.55. The van der Waals surface area contributed by atoms with Crippen molar-refractivity contribution in [3.8, 4) is 5.75 Å². The molecule has 3 N–H and O–H groups in total. The highest BCUT2D eigenvalue weighted by Crippen LogP contribution is 2.62. The molecule has 0 spiro atoms. The Bertz CT molecular complexity index is 1280. The molecular weight excluding hydrogens is 574 g/mol. The van der Waals surface area contributed by atoms with E-state index >= 15 is 0 Å². The molecule has 0 aromatic heterocycles. The number of carbonyl (C=O) groups is 4. The molecule has 12 nitrogen and oxygen atoms in total. The van der Waals surface area contributed by atoms with Crippen molar-refractivity contribution < 1.29 is 53.1 Å². The number of benzene rings is 1. The van der Waals surface area contributed by atoms with Crippen LogP contribution < -0.4 is 5.32 Å². The van der Waals surface area contributed by atoms with Crippen LogP contribution in [0.5, 0.6) is 5.75 Å². The van der Waals surface area contributed by atoms with Crippen LogP contribution in [-0.4, -0.2) is 83.5 Å². The second kappa shape index (κ2) is 12.6. The van der Waals surface area contributed by atoms with Crippen LogP contribution in [0.25, 0.3) is 0 Å². The van der Waals surface area contributed by atoms with Gasteiger partial charge in [-0.15, -0.1) is 0 Å². The van der Waals surface area contributed by atoms with Gasteiger partial charge < -0.3 is 39.2 Å². The molecule has 0 unspecified atom stereocenters. The number of esters is 3. The molecule has 12 heteroatoms. The van der Waals surface area contributed by atoms with E-state index in [-0.39, 0.29) is 30.1 Å². The third-order valence-corrected chi connectivity index (χ3v) is 10.0. The van der Waals surface area contributed by atoms with E-state index in [4.69, 9.17) is 23.7 Å². The van der Waals surface area contributed by atoms with E-state index in [9.17, 15) is 29.4 Å². The maximum Gasteiger partial charge on any atom is 0.303 e. The van der Waals surface area contributed by atoms with Crippen LogP contribution in [0.3, 0.4) is 0 Å². The van der Waals surface area contributed by atoms with Gasteiger partial charge in [0.25, 0.3) is 0 Å². The van der Waals surface area contributed by atoms with Gasteiger partial charge in [-0.05, 0) is 72.1 Å². The molecule has 1 aliphatic heterocycles. The number of hydrogen-bond donors (Lipinski definition) is 3. The molecule has 1 amide bonds. The third kappa shape index (κ3) is 6.29. The topological polar surface area (TPSA) is 167 Å². The molecule has 0 radical (unpaired) electrons. The Morgan fingerprint density at radius 1 is 1.02 bits per heavy atom. The van der Waals surface area contributed by atoms with Gasteiger partial charge in [0.2, 0.25) is 5.91 Å². The second-order valence-corrected chi connectivity index (χ2v) is 12.9. The molecule has 5 rings (SSSR count). The summed E-state index contributed by atoms with van der Waals surface area (Å²) >= 11 is 0. The Morgan fingerprint density at radius 2 is 1.73 bits per heavy atom. The van der Waals surface area contributed by atoms with Crippen molar-refractivity contribution in [2.75, 3.05) is 6.61 Å². The van der Waals surface area contributed by atoms with Gasteiger partial charge >= 0.3 is 17.9 Å². The van der Waals surface area contributed by atoms with Crippen molar-refractivity contribution in [2.45, 2.75) is 115 Å². The molecule has 1 aromatic carbocycles. The number of ether oxygens (including phenoxy) is 5. The van der Waals surface area contributed by atoms with Crippen LogP contribution in [0.2, 0.25) is 0 Å². The van der Waals surface area contributed by atoms with Crippen LogP contribution in [0.4, 0.5) is 0 Å². The largest absolute Gasteiger partial charge is 0.508 e. The highest BCUT2D eigenvalue weighted by Gasteiger charge is 2.61. The summed E-state index contributed by atoms with van der Waals surface area (Å²) in [6.07, 6.45) is -2.17. The fourth-order valence-corrected chi connectivity index (χ4v) is 8.29. The number of fused-ring (bicyclic) bond motifs is 5. The van der Waals surface area contributed by atoms with Crippen molar-refractivity contribution in [3.63, 3.8) is 0 Å². The van der Waals surface area contributed by atoms with Gasteiger partial charge in [-0.3, -0.25) is 19.2 Å². The van der Waals surface area contributed by atoms with Gasteiger partial charge in [-0.25, -0.2) is 0 Å². The van der Waals surface area contributed by atoms with Gasteiger partial charge in [0.15, 0.2) is 18.5 Å². The first-order valence-electron chi connectivity index (χ1n) is 15.3. The maximum absolute atomic E-state index is 12.4. The Labute approximate surface area is 256 Å². The Kier molecular flexibility index (Phi) is 9.25. The molecule has 1 heterocycles. The van der Waals surface area contributed by atoms with Crippen LogP contribution in [0, 0.1) is 17.3 Å². The summed E-state index contributed by atoms with van der Waals surface area (Å²) in [7, 11) is 0. The molecule has 3 aliphatic carbocycles. The number of aliphatic hydroxyl groups excluding tert-OH is 1. The first-order valence-corrected chi connectivity index (χ1v) is 15.3.